The molecule has 0 radical (unpaired) electrons. The van der Waals surface area contributed by atoms with Gasteiger partial charge in [-0.25, -0.2) is 4.39 Å². The SMILES string of the molecule is COc1ccc(CC(=O)CCCCN)cc1F. The number of ether oxygens (including phenoxy) is 1. The number of nitrogens with two attached hydrogens (primary N) is 1. The van der Waals surface area contributed by atoms with Gasteiger partial charge in [0, 0.05) is 12.8 Å². The van der Waals surface area contributed by atoms with Crippen LogP contribution in [-0.4, -0.2) is 19.4 Å². The average Bonchev–Trinajstić information content (AvgIpc) is 2.29. The molecule has 0 spiro atoms. The molecule has 0 saturated heterocycles. The number of ketones is 1. The molecule has 1 aromatic rings. The molecule has 4 heteroatoms. The third kappa shape index (κ3) is 4.53. The Morgan fingerprint density at radius 2 is 2.18 bits per heavy atom. The minimum absolute atomic E-state index is 0.114. The summed E-state index contributed by atoms with van der Waals surface area (Å²) in [5.41, 5.74) is 6.03. The molecule has 1 aromatic carbocycles. The number of methoxy groups -OCH3 is 1. The van der Waals surface area contributed by atoms with Gasteiger partial charge >= 0.3 is 0 Å². The molecule has 0 fully saturated rings. The average molecular weight is 239 g/mol. The van der Waals surface area contributed by atoms with E-state index in [-0.39, 0.29) is 18.0 Å². The third-order valence-electron chi connectivity index (χ3n) is 2.53. The van der Waals surface area contributed by atoms with Crippen molar-refractivity contribution in [2.45, 2.75) is 25.7 Å². The Morgan fingerprint density at radius 1 is 1.41 bits per heavy atom. The Hall–Kier alpha value is -1.42. The van der Waals surface area contributed by atoms with Gasteiger partial charge in [0.2, 0.25) is 0 Å². The summed E-state index contributed by atoms with van der Waals surface area (Å²) < 4.78 is 18.2. The van der Waals surface area contributed by atoms with Crippen molar-refractivity contribution < 1.29 is 13.9 Å². The maximum atomic E-state index is 13.4. The fourth-order valence-electron chi connectivity index (χ4n) is 1.60. The molecule has 0 atom stereocenters. The summed E-state index contributed by atoms with van der Waals surface area (Å²) in [6.07, 6.45) is 2.42. The molecule has 0 unspecified atom stereocenters. The van der Waals surface area contributed by atoms with Gasteiger partial charge in [0.05, 0.1) is 7.11 Å². The lowest BCUT2D eigenvalue weighted by Gasteiger charge is -2.04. The number of carbonyl (C=O) groups is 1. The molecule has 0 aliphatic heterocycles. The van der Waals surface area contributed by atoms with Gasteiger partial charge in [0.1, 0.15) is 5.78 Å². The van der Waals surface area contributed by atoms with Gasteiger partial charge in [-0.3, -0.25) is 4.79 Å². The molecular formula is C13H18FNO2. The van der Waals surface area contributed by atoms with Crippen molar-refractivity contribution in [3.05, 3.63) is 29.6 Å². The van der Waals surface area contributed by atoms with E-state index in [2.05, 4.69) is 0 Å². The van der Waals surface area contributed by atoms with E-state index in [4.69, 9.17) is 10.5 Å². The van der Waals surface area contributed by atoms with Gasteiger partial charge < -0.3 is 10.5 Å². The highest BCUT2D eigenvalue weighted by molar-refractivity contribution is 5.80. The van der Waals surface area contributed by atoms with Crippen molar-refractivity contribution >= 4 is 5.78 Å². The Kier molecular flexibility index (Phi) is 5.63. The Bertz CT molecular complexity index is 380. The molecule has 0 aliphatic rings. The molecule has 0 amide bonds. The second-order valence-corrected chi connectivity index (χ2v) is 3.93. The van der Waals surface area contributed by atoms with E-state index in [9.17, 15) is 9.18 Å². The summed E-state index contributed by atoms with van der Waals surface area (Å²) in [7, 11) is 1.41. The van der Waals surface area contributed by atoms with E-state index in [1.807, 2.05) is 0 Å². The maximum Gasteiger partial charge on any atom is 0.165 e. The summed E-state index contributed by atoms with van der Waals surface area (Å²) >= 11 is 0. The molecule has 17 heavy (non-hydrogen) atoms. The lowest BCUT2D eigenvalue weighted by Crippen LogP contribution is -2.05. The predicted octanol–water partition coefficient (Wildman–Crippen LogP) is 2.07. The van der Waals surface area contributed by atoms with Crippen LogP contribution >= 0.6 is 0 Å². The predicted molar refractivity (Wildman–Crippen MR) is 64.6 cm³/mol. The van der Waals surface area contributed by atoms with Gasteiger partial charge in [-0.1, -0.05) is 6.07 Å². The van der Waals surface area contributed by atoms with Gasteiger partial charge in [0.15, 0.2) is 11.6 Å². The summed E-state index contributed by atoms with van der Waals surface area (Å²) in [6.45, 7) is 0.602. The third-order valence-corrected chi connectivity index (χ3v) is 2.53. The van der Waals surface area contributed by atoms with Crippen molar-refractivity contribution in [1.29, 1.82) is 0 Å². The van der Waals surface area contributed by atoms with Crippen molar-refractivity contribution in [2.24, 2.45) is 5.73 Å². The number of Topliss-reactive ketones (excluding diaryl/α,β-unsaturated/α-hetero) is 1. The largest absolute Gasteiger partial charge is 0.494 e. The van der Waals surface area contributed by atoms with Gasteiger partial charge in [-0.15, -0.1) is 0 Å². The second kappa shape index (κ2) is 7.01. The van der Waals surface area contributed by atoms with Crippen molar-refractivity contribution in [3.63, 3.8) is 0 Å². The standard InChI is InChI=1S/C13H18FNO2/c1-17-13-6-5-10(9-12(13)14)8-11(16)4-2-3-7-15/h5-6,9H,2-4,7-8,15H2,1H3. The van der Waals surface area contributed by atoms with Gasteiger partial charge in [-0.05, 0) is 37.1 Å². The Balaban J connectivity index is 2.51. The number of unbranched alkanes of at least 4 members (excludes halogenated alkanes) is 1. The van der Waals surface area contributed by atoms with Crippen LogP contribution < -0.4 is 10.5 Å². The molecule has 0 aliphatic carbocycles. The molecule has 1 rings (SSSR count). The molecule has 0 heterocycles. The first-order valence-electron chi connectivity index (χ1n) is 5.71. The van der Waals surface area contributed by atoms with Crippen LogP contribution in [-0.2, 0) is 11.2 Å². The van der Waals surface area contributed by atoms with Crippen LogP contribution in [0, 0.1) is 5.82 Å². The van der Waals surface area contributed by atoms with Crippen molar-refractivity contribution in [1.82, 2.24) is 0 Å². The zero-order chi connectivity index (χ0) is 12.7. The maximum absolute atomic E-state index is 13.4. The first-order valence-corrected chi connectivity index (χ1v) is 5.71. The van der Waals surface area contributed by atoms with Crippen LogP contribution in [0.1, 0.15) is 24.8 Å². The Labute approximate surface area is 101 Å². The summed E-state index contributed by atoms with van der Waals surface area (Å²) in [6, 6.07) is 4.60. The zero-order valence-electron chi connectivity index (χ0n) is 10.0. The highest BCUT2D eigenvalue weighted by atomic mass is 19.1. The van der Waals surface area contributed by atoms with E-state index in [0.29, 0.717) is 18.5 Å². The zero-order valence-corrected chi connectivity index (χ0v) is 10.0. The number of carbonyl (C=O) groups excluding carboxylic acids is 1. The smallest absolute Gasteiger partial charge is 0.165 e. The molecule has 3 nitrogen and oxygen atoms in total. The molecule has 0 bridgehead atoms. The number of hydrogen-bond donors (Lipinski definition) is 1. The topological polar surface area (TPSA) is 52.3 Å². The monoisotopic (exact) mass is 239 g/mol. The van der Waals surface area contributed by atoms with E-state index < -0.39 is 5.82 Å². The number of benzene rings is 1. The minimum Gasteiger partial charge on any atom is -0.494 e. The van der Waals surface area contributed by atoms with Crippen LogP contribution in [0.25, 0.3) is 0 Å². The van der Waals surface area contributed by atoms with E-state index in [0.717, 1.165) is 12.8 Å². The van der Waals surface area contributed by atoms with Crippen LogP contribution in [0.4, 0.5) is 4.39 Å². The highest BCUT2D eigenvalue weighted by Gasteiger charge is 2.07. The van der Waals surface area contributed by atoms with Gasteiger partial charge in [-0.2, -0.15) is 0 Å². The van der Waals surface area contributed by atoms with E-state index in [1.54, 1.807) is 6.07 Å². The molecule has 94 valence electrons. The van der Waals surface area contributed by atoms with E-state index >= 15 is 0 Å². The fourth-order valence-corrected chi connectivity index (χ4v) is 1.60. The van der Waals surface area contributed by atoms with Crippen molar-refractivity contribution in [3.8, 4) is 5.75 Å². The normalized spacial score (nSPS) is 10.3. The van der Waals surface area contributed by atoms with Crippen LogP contribution in [0.2, 0.25) is 0 Å². The number of halogens is 1. The molecular weight excluding hydrogens is 221 g/mol. The quantitative estimate of drug-likeness (QED) is 0.741. The first-order chi connectivity index (χ1) is 8.17. The summed E-state index contributed by atoms with van der Waals surface area (Å²) in [5, 5.41) is 0. The first kappa shape index (κ1) is 13.6. The molecule has 0 saturated carbocycles. The lowest BCUT2D eigenvalue weighted by molar-refractivity contribution is -0.118. The second-order valence-electron chi connectivity index (χ2n) is 3.93. The van der Waals surface area contributed by atoms with Crippen LogP contribution in [0.3, 0.4) is 0 Å². The minimum atomic E-state index is -0.431. The fraction of sp³-hybridized carbons (Fsp3) is 0.462. The summed E-state index contributed by atoms with van der Waals surface area (Å²) in [5.74, 6) is -0.118. The van der Waals surface area contributed by atoms with Crippen LogP contribution in [0.5, 0.6) is 5.75 Å². The Morgan fingerprint density at radius 3 is 2.76 bits per heavy atom. The molecule has 0 aromatic heterocycles. The highest BCUT2D eigenvalue weighted by Crippen LogP contribution is 2.18. The number of hydrogen-bond acceptors (Lipinski definition) is 3. The lowest BCUT2D eigenvalue weighted by atomic mass is 10.0. The van der Waals surface area contributed by atoms with Crippen LogP contribution in [0.15, 0.2) is 18.2 Å². The van der Waals surface area contributed by atoms with Gasteiger partial charge in [0.25, 0.3) is 0 Å². The summed E-state index contributed by atoms with van der Waals surface area (Å²) in [4.78, 5) is 11.6. The van der Waals surface area contributed by atoms with E-state index in [1.165, 1.54) is 19.2 Å². The number of rotatable bonds is 7. The molecule has 2 N–H and O–H groups in total. The van der Waals surface area contributed by atoms with Crippen molar-refractivity contribution in [2.75, 3.05) is 13.7 Å².